The van der Waals surface area contributed by atoms with E-state index in [0.717, 1.165) is 38.4 Å². The van der Waals surface area contributed by atoms with Gasteiger partial charge in [-0.2, -0.15) is 11.8 Å². The van der Waals surface area contributed by atoms with Gasteiger partial charge >= 0.3 is 6.03 Å². The summed E-state index contributed by atoms with van der Waals surface area (Å²) in [5.74, 6) is 1.02. The van der Waals surface area contributed by atoms with Crippen molar-refractivity contribution in [2.45, 2.75) is 19.4 Å². The van der Waals surface area contributed by atoms with Crippen molar-refractivity contribution in [2.24, 2.45) is 0 Å². The first-order valence-corrected chi connectivity index (χ1v) is 7.31. The van der Waals surface area contributed by atoms with Gasteiger partial charge < -0.3 is 15.1 Å². The van der Waals surface area contributed by atoms with Crippen molar-refractivity contribution in [3.8, 4) is 0 Å². The maximum atomic E-state index is 12.2. The van der Waals surface area contributed by atoms with Crippen LogP contribution in [0.1, 0.15) is 13.3 Å². The van der Waals surface area contributed by atoms with Gasteiger partial charge in [-0.3, -0.25) is 0 Å². The molecule has 1 N–H and O–H groups in total. The molecule has 1 unspecified atom stereocenters. The van der Waals surface area contributed by atoms with Crippen LogP contribution in [0.5, 0.6) is 0 Å². The molecule has 0 aromatic rings. The number of carbonyl (C=O) groups is 1. The maximum Gasteiger partial charge on any atom is 0.320 e. The molecule has 4 nitrogen and oxygen atoms in total. The Morgan fingerprint density at radius 1 is 1.50 bits per heavy atom. The quantitative estimate of drug-likeness (QED) is 0.805. The van der Waals surface area contributed by atoms with Gasteiger partial charge in [0.05, 0.1) is 0 Å². The van der Waals surface area contributed by atoms with Crippen LogP contribution in [0.4, 0.5) is 4.79 Å². The lowest BCUT2D eigenvalue weighted by Gasteiger charge is -2.35. The summed E-state index contributed by atoms with van der Waals surface area (Å²) in [7, 11) is 1.93. The van der Waals surface area contributed by atoms with E-state index in [2.05, 4.69) is 18.5 Å². The Hall–Kier alpha value is -0.420. The van der Waals surface area contributed by atoms with E-state index < -0.39 is 0 Å². The van der Waals surface area contributed by atoms with Crippen LogP contribution >= 0.6 is 11.8 Å². The van der Waals surface area contributed by atoms with Gasteiger partial charge in [-0.15, -0.1) is 0 Å². The molecule has 0 aliphatic carbocycles. The van der Waals surface area contributed by atoms with Gasteiger partial charge in [0.1, 0.15) is 0 Å². The number of amides is 2. The van der Waals surface area contributed by atoms with Crippen LogP contribution in [-0.4, -0.2) is 67.1 Å². The van der Waals surface area contributed by atoms with Gasteiger partial charge in [-0.05, 0) is 12.7 Å². The number of rotatable bonds is 4. The van der Waals surface area contributed by atoms with E-state index in [9.17, 15) is 4.79 Å². The number of nitrogens with zero attached hydrogens (tertiary/aromatic N) is 2. The highest BCUT2D eigenvalue weighted by Gasteiger charge is 2.24. The molecule has 0 spiro atoms. The average Bonchev–Trinajstić information content (AvgIpc) is 2.35. The van der Waals surface area contributed by atoms with Crippen molar-refractivity contribution < 1.29 is 4.79 Å². The molecule has 16 heavy (non-hydrogen) atoms. The molecule has 1 rings (SSSR count). The molecule has 1 saturated heterocycles. The molecule has 1 atom stereocenters. The number of nitrogens with one attached hydrogen (secondary N) is 1. The minimum atomic E-state index is 0.183. The predicted molar refractivity (Wildman–Crippen MR) is 70.1 cm³/mol. The Morgan fingerprint density at radius 2 is 2.12 bits per heavy atom. The van der Waals surface area contributed by atoms with Gasteiger partial charge in [0, 0.05) is 45.0 Å². The molecule has 0 aromatic carbocycles. The highest BCUT2D eigenvalue weighted by Crippen LogP contribution is 2.11. The summed E-state index contributed by atoms with van der Waals surface area (Å²) in [5, 5.41) is 3.26. The van der Waals surface area contributed by atoms with Gasteiger partial charge in [0.25, 0.3) is 0 Å². The number of thioether (sulfide) groups is 1. The number of hydrogen-bond donors (Lipinski definition) is 1. The first-order valence-electron chi connectivity index (χ1n) is 5.92. The smallest absolute Gasteiger partial charge is 0.320 e. The van der Waals surface area contributed by atoms with E-state index in [1.54, 1.807) is 11.8 Å². The van der Waals surface area contributed by atoms with Crippen LogP contribution in [0.2, 0.25) is 0 Å². The second kappa shape index (κ2) is 7.01. The molecule has 0 saturated carbocycles. The van der Waals surface area contributed by atoms with Crippen LogP contribution < -0.4 is 5.32 Å². The second-order valence-corrected chi connectivity index (χ2v) is 5.06. The molecular formula is C11H23N3OS. The van der Waals surface area contributed by atoms with Crippen molar-refractivity contribution >= 4 is 17.8 Å². The Balaban J connectivity index is 2.49. The summed E-state index contributed by atoms with van der Waals surface area (Å²) in [5.41, 5.74) is 0. The first kappa shape index (κ1) is 13.6. The molecule has 2 amide bonds. The topological polar surface area (TPSA) is 35.6 Å². The number of urea groups is 1. The van der Waals surface area contributed by atoms with Crippen LogP contribution in [0.3, 0.4) is 0 Å². The molecule has 1 aliphatic rings. The molecule has 0 bridgehead atoms. The van der Waals surface area contributed by atoms with E-state index in [0.29, 0.717) is 6.04 Å². The monoisotopic (exact) mass is 245 g/mol. The molecule has 0 radical (unpaired) electrons. The van der Waals surface area contributed by atoms with Gasteiger partial charge in [-0.25, -0.2) is 4.79 Å². The molecule has 0 aromatic heterocycles. The third kappa shape index (κ3) is 3.56. The maximum absolute atomic E-state index is 12.2. The minimum absolute atomic E-state index is 0.183. The fourth-order valence-corrected chi connectivity index (χ4v) is 2.78. The van der Waals surface area contributed by atoms with Gasteiger partial charge in [-0.1, -0.05) is 6.92 Å². The van der Waals surface area contributed by atoms with Gasteiger partial charge in [0.15, 0.2) is 0 Å². The third-order valence-electron chi connectivity index (χ3n) is 3.07. The fourth-order valence-electron chi connectivity index (χ4n) is 1.93. The summed E-state index contributed by atoms with van der Waals surface area (Å²) < 4.78 is 0. The molecule has 5 heteroatoms. The summed E-state index contributed by atoms with van der Waals surface area (Å²) >= 11 is 1.80. The summed E-state index contributed by atoms with van der Waals surface area (Å²) in [6, 6.07) is 0.541. The Labute approximate surface area is 103 Å². The second-order valence-electron chi connectivity index (χ2n) is 4.15. The highest BCUT2D eigenvalue weighted by atomic mass is 32.2. The lowest BCUT2D eigenvalue weighted by molar-refractivity contribution is 0.143. The normalized spacial score (nSPS) is 18.3. The lowest BCUT2D eigenvalue weighted by Crippen LogP contribution is -2.53. The van der Waals surface area contributed by atoms with Crippen molar-refractivity contribution in [1.82, 2.24) is 15.1 Å². The van der Waals surface area contributed by atoms with E-state index in [1.807, 2.05) is 16.8 Å². The SMILES string of the molecule is CCC(CSC)N(C)C(=O)N1CCNCC1. The zero-order chi connectivity index (χ0) is 12.0. The highest BCUT2D eigenvalue weighted by molar-refractivity contribution is 7.98. The van der Waals surface area contributed by atoms with Crippen LogP contribution in [-0.2, 0) is 0 Å². The summed E-state index contributed by atoms with van der Waals surface area (Å²) in [6.07, 6.45) is 3.11. The molecular weight excluding hydrogens is 222 g/mol. The van der Waals surface area contributed by atoms with Crippen LogP contribution in [0.25, 0.3) is 0 Å². The largest absolute Gasteiger partial charge is 0.324 e. The summed E-state index contributed by atoms with van der Waals surface area (Å²) in [6.45, 7) is 5.64. The van der Waals surface area contributed by atoms with Crippen molar-refractivity contribution in [2.75, 3.05) is 45.2 Å². The van der Waals surface area contributed by atoms with Crippen LogP contribution in [0.15, 0.2) is 0 Å². The fraction of sp³-hybridized carbons (Fsp3) is 0.909. The zero-order valence-corrected chi connectivity index (χ0v) is 11.3. The number of hydrogen-bond acceptors (Lipinski definition) is 3. The number of piperazine rings is 1. The first-order chi connectivity index (χ1) is 7.70. The standard InChI is InChI=1S/C11H23N3OS/c1-4-10(9-16-3)13(2)11(15)14-7-5-12-6-8-14/h10,12H,4-9H2,1-3H3. The predicted octanol–water partition coefficient (Wildman–Crippen LogP) is 1.08. The van der Waals surface area contributed by atoms with Crippen LogP contribution in [0, 0.1) is 0 Å². The van der Waals surface area contributed by atoms with E-state index in [4.69, 9.17) is 0 Å². The van der Waals surface area contributed by atoms with E-state index in [1.165, 1.54) is 0 Å². The summed E-state index contributed by atoms with van der Waals surface area (Å²) in [4.78, 5) is 16.0. The van der Waals surface area contributed by atoms with E-state index >= 15 is 0 Å². The van der Waals surface area contributed by atoms with Gasteiger partial charge in [0.2, 0.25) is 0 Å². The van der Waals surface area contributed by atoms with Crippen molar-refractivity contribution in [3.63, 3.8) is 0 Å². The molecule has 1 fully saturated rings. The van der Waals surface area contributed by atoms with E-state index in [-0.39, 0.29) is 6.03 Å². The number of carbonyl (C=O) groups excluding carboxylic acids is 1. The zero-order valence-electron chi connectivity index (χ0n) is 10.5. The van der Waals surface area contributed by atoms with Crippen molar-refractivity contribution in [1.29, 1.82) is 0 Å². The Morgan fingerprint density at radius 3 is 2.62 bits per heavy atom. The molecule has 1 aliphatic heterocycles. The molecule has 1 heterocycles. The third-order valence-corrected chi connectivity index (χ3v) is 3.79. The Bertz CT molecular complexity index is 219. The molecule has 94 valence electrons. The average molecular weight is 245 g/mol. The van der Waals surface area contributed by atoms with Crippen molar-refractivity contribution in [3.05, 3.63) is 0 Å². The minimum Gasteiger partial charge on any atom is -0.324 e. The lowest BCUT2D eigenvalue weighted by atomic mass is 10.2. The Kier molecular flexibility index (Phi) is 5.98.